The van der Waals surface area contributed by atoms with Gasteiger partial charge < -0.3 is 10.1 Å². The summed E-state index contributed by atoms with van der Waals surface area (Å²) in [6.07, 6.45) is 1.04. The third kappa shape index (κ3) is 5.12. The average molecular weight is 263 g/mol. The van der Waals surface area contributed by atoms with Gasteiger partial charge in [-0.1, -0.05) is 26.0 Å². The zero-order valence-electron chi connectivity index (χ0n) is 11.7. The molecule has 1 amide bonds. The molecule has 1 atom stereocenters. The van der Waals surface area contributed by atoms with Gasteiger partial charge in [0.2, 0.25) is 0 Å². The average Bonchev–Trinajstić information content (AvgIpc) is 2.38. The molecule has 0 heterocycles. The molecule has 1 unspecified atom stereocenters. The van der Waals surface area contributed by atoms with Crippen LogP contribution in [0.1, 0.15) is 37.6 Å². The van der Waals surface area contributed by atoms with Crippen LogP contribution in [0.15, 0.2) is 24.3 Å². The van der Waals surface area contributed by atoms with Crippen LogP contribution in [0, 0.1) is 5.92 Å². The Bertz CT molecular complexity index is 429. The van der Waals surface area contributed by atoms with E-state index in [4.69, 9.17) is 4.74 Å². The molecule has 1 N–H and O–H groups in total. The van der Waals surface area contributed by atoms with Gasteiger partial charge in [0.1, 0.15) is 5.75 Å². The van der Waals surface area contributed by atoms with E-state index in [1.165, 1.54) is 0 Å². The van der Waals surface area contributed by atoms with Crippen LogP contribution < -0.4 is 10.1 Å². The summed E-state index contributed by atoms with van der Waals surface area (Å²) in [5, 5.41) is 2.82. The minimum absolute atomic E-state index is 0.165. The van der Waals surface area contributed by atoms with Gasteiger partial charge in [0, 0.05) is 6.54 Å². The highest BCUT2D eigenvalue weighted by molar-refractivity contribution is 5.82. The molecule has 104 valence electrons. The lowest BCUT2D eigenvalue weighted by Crippen LogP contribution is -2.37. The molecule has 0 saturated heterocycles. The maximum atomic E-state index is 11.8. The quantitative estimate of drug-likeness (QED) is 0.769. The van der Waals surface area contributed by atoms with Crippen molar-refractivity contribution >= 4 is 12.2 Å². The molecular weight excluding hydrogens is 242 g/mol. The summed E-state index contributed by atoms with van der Waals surface area (Å²) in [7, 11) is 0. The van der Waals surface area contributed by atoms with Crippen LogP contribution in [-0.4, -0.2) is 24.8 Å². The first-order valence-corrected chi connectivity index (χ1v) is 6.53. The molecule has 0 aromatic heterocycles. The Balaban J connectivity index is 2.51. The summed E-state index contributed by atoms with van der Waals surface area (Å²) in [6.45, 7) is 6.52. The molecule has 0 fully saturated rings. The molecular formula is C15H21NO3. The maximum absolute atomic E-state index is 11.8. The van der Waals surface area contributed by atoms with Gasteiger partial charge in [0.25, 0.3) is 5.91 Å². The Morgan fingerprint density at radius 1 is 1.32 bits per heavy atom. The number of amides is 1. The van der Waals surface area contributed by atoms with Gasteiger partial charge in [-0.05, 0) is 31.4 Å². The molecule has 0 aliphatic carbocycles. The highest BCUT2D eigenvalue weighted by Gasteiger charge is 2.15. The lowest BCUT2D eigenvalue weighted by Gasteiger charge is -2.16. The van der Waals surface area contributed by atoms with Crippen molar-refractivity contribution < 1.29 is 14.3 Å². The molecule has 0 bridgehead atoms. The molecule has 4 heteroatoms. The lowest BCUT2D eigenvalue weighted by molar-refractivity contribution is -0.127. The van der Waals surface area contributed by atoms with Gasteiger partial charge in [-0.25, -0.2) is 0 Å². The van der Waals surface area contributed by atoms with Crippen LogP contribution in [0.25, 0.3) is 0 Å². The first-order chi connectivity index (χ1) is 9.04. The summed E-state index contributed by atoms with van der Waals surface area (Å²) in [6, 6.07) is 6.86. The van der Waals surface area contributed by atoms with Gasteiger partial charge in [-0.3, -0.25) is 9.59 Å². The fourth-order valence-electron chi connectivity index (χ4n) is 1.56. The van der Waals surface area contributed by atoms with E-state index < -0.39 is 6.10 Å². The van der Waals surface area contributed by atoms with E-state index in [0.29, 0.717) is 23.8 Å². The first kappa shape index (κ1) is 15.2. The molecule has 19 heavy (non-hydrogen) atoms. The molecule has 0 radical (unpaired) electrons. The number of carbonyl (C=O) groups excluding carboxylic acids is 2. The van der Waals surface area contributed by atoms with Crippen molar-refractivity contribution in [3.8, 4) is 5.75 Å². The molecule has 1 rings (SSSR count). The van der Waals surface area contributed by atoms with Crippen molar-refractivity contribution in [2.75, 3.05) is 6.54 Å². The predicted octanol–water partition coefficient (Wildman–Crippen LogP) is 2.43. The maximum Gasteiger partial charge on any atom is 0.260 e. The SMILES string of the molecule is CC(C)CCNC(=O)C(C)Oc1ccccc1C=O. The third-order valence-corrected chi connectivity index (χ3v) is 2.74. The Labute approximate surface area is 114 Å². The largest absolute Gasteiger partial charge is 0.480 e. The number of hydrogen-bond donors (Lipinski definition) is 1. The fourth-order valence-corrected chi connectivity index (χ4v) is 1.56. The number of benzene rings is 1. The number of aldehydes is 1. The Kier molecular flexibility index (Phi) is 6.06. The monoisotopic (exact) mass is 263 g/mol. The van der Waals surface area contributed by atoms with Gasteiger partial charge in [-0.2, -0.15) is 0 Å². The van der Waals surface area contributed by atoms with E-state index in [2.05, 4.69) is 19.2 Å². The van der Waals surface area contributed by atoms with E-state index in [0.717, 1.165) is 12.7 Å². The van der Waals surface area contributed by atoms with Crippen LogP contribution >= 0.6 is 0 Å². The summed E-state index contributed by atoms with van der Waals surface area (Å²) in [4.78, 5) is 22.6. The molecule has 1 aromatic carbocycles. The minimum atomic E-state index is -0.617. The second kappa shape index (κ2) is 7.56. The van der Waals surface area contributed by atoms with Crippen molar-refractivity contribution in [1.29, 1.82) is 0 Å². The molecule has 0 saturated carbocycles. The van der Waals surface area contributed by atoms with Crippen LogP contribution in [0.5, 0.6) is 5.75 Å². The normalized spacial score (nSPS) is 12.0. The summed E-state index contributed by atoms with van der Waals surface area (Å²) in [5.41, 5.74) is 0.448. The van der Waals surface area contributed by atoms with E-state index in [1.807, 2.05) is 0 Å². The fraction of sp³-hybridized carbons (Fsp3) is 0.467. The van der Waals surface area contributed by atoms with E-state index in [9.17, 15) is 9.59 Å². The topological polar surface area (TPSA) is 55.4 Å². The van der Waals surface area contributed by atoms with Gasteiger partial charge >= 0.3 is 0 Å². The van der Waals surface area contributed by atoms with E-state index in [1.54, 1.807) is 31.2 Å². The first-order valence-electron chi connectivity index (χ1n) is 6.53. The van der Waals surface area contributed by atoms with E-state index in [-0.39, 0.29) is 5.91 Å². The molecule has 0 aliphatic rings. The van der Waals surface area contributed by atoms with E-state index >= 15 is 0 Å². The van der Waals surface area contributed by atoms with Crippen molar-refractivity contribution in [2.24, 2.45) is 5.92 Å². The van der Waals surface area contributed by atoms with Gasteiger partial charge in [0.05, 0.1) is 5.56 Å². The van der Waals surface area contributed by atoms with Crippen LogP contribution in [0.4, 0.5) is 0 Å². The number of rotatable bonds is 7. The molecule has 0 spiro atoms. The predicted molar refractivity (Wildman–Crippen MR) is 74.4 cm³/mol. The zero-order valence-corrected chi connectivity index (χ0v) is 11.7. The molecule has 4 nitrogen and oxygen atoms in total. The number of nitrogens with one attached hydrogen (secondary N) is 1. The highest BCUT2D eigenvalue weighted by Crippen LogP contribution is 2.17. The minimum Gasteiger partial charge on any atom is -0.480 e. The number of ether oxygens (including phenoxy) is 1. The second-order valence-electron chi connectivity index (χ2n) is 4.89. The second-order valence-corrected chi connectivity index (χ2v) is 4.89. The van der Waals surface area contributed by atoms with Gasteiger partial charge in [0.15, 0.2) is 12.4 Å². The summed E-state index contributed by atoms with van der Waals surface area (Å²) >= 11 is 0. The number of hydrogen-bond acceptors (Lipinski definition) is 3. The molecule has 1 aromatic rings. The van der Waals surface area contributed by atoms with Crippen molar-refractivity contribution in [2.45, 2.75) is 33.3 Å². The smallest absolute Gasteiger partial charge is 0.260 e. The zero-order chi connectivity index (χ0) is 14.3. The number of carbonyl (C=O) groups is 2. The Morgan fingerprint density at radius 3 is 2.63 bits per heavy atom. The van der Waals surface area contributed by atoms with Crippen molar-refractivity contribution in [1.82, 2.24) is 5.32 Å². The summed E-state index contributed by atoms with van der Waals surface area (Å²) < 4.78 is 5.51. The van der Waals surface area contributed by atoms with Gasteiger partial charge in [-0.15, -0.1) is 0 Å². The van der Waals surface area contributed by atoms with Crippen LogP contribution in [-0.2, 0) is 4.79 Å². The third-order valence-electron chi connectivity index (χ3n) is 2.74. The lowest BCUT2D eigenvalue weighted by atomic mass is 10.1. The standard InChI is InChI=1S/C15H21NO3/c1-11(2)8-9-16-15(18)12(3)19-14-7-5-4-6-13(14)10-17/h4-7,10-12H,8-9H2,1-3H3,(H,16,18). The Morgan fingerprint density at radius 2 is 2.00 bits per heavy atom. The van der Waals surface area contributed by atoms with Crippen LogP contribution in [0.2, 0.25) is 0 Å². The molecule has 0 aliphatic heterocycles. The van der Waals surface area contributed by atoms with Crippen LogP contribution in [0.3, 0.4) is 0 Å². The Hall–Kier alpha value is -1.84. The highest BCUT2D eigenvalue weighted by atomic mass is 16.5. The number of para-hydroxylation sites is 1. The van der Waals surface area contributed by atoms with Crippen molar-refractivity contribution in [3.63, 3.8) is 0 Å². The summed E-state index contributed by atoms with van der Waals surface area (Å²) in [5.74, 6) is 0.817. The van der Waals surface area contributed by atoms with Crippen molar-refractivity contribution in [3.05, 3.63) is 29.8 Å².